The van der Waals surface area contributed by atoms with Crippen molar-refractivity contribution in [2.75, 3.05) is 13.7 Å². The molecule has 0 aliphatic carbocycles. The molecular weight excluding hydrogens is 332 g/mol. The molecule has 0 saturated carbocycles. The SMILES string of the molecule is COc1cc(C(=O)NC(C)CCC(C)C)cc(Cl)c1OCC(N)=O. The maximum atomic E-state index is 12.4. The van der Waals surface area contributed by atoms with Crippen LogP contribution in [0.2, 0.25) is 5.02 Å². The Kier molecular flexibility index (Phi) is 7.85. The van der Waals surface area contributed by atoms with Crippen LogP contribution >= 0.6 is 11.6 Å². The third-order valence-electron chi connectivity index (χ3n) is 3.40. The topological polar surface area (TPSA) is 90.7 Å². The number of carbonyl (C=O) groups excluding carboxylic acids is 2. The minimum absolute atomic E-state index is 0.0514. The Hall–Kier alpha value is -1.95. The molecule has 0 radical (unpaired) electrons. The Labute approximate surface area is 147 Å². The second kappa shape index (κ2) is 9.37. The van der Waals surface area contributed by atoms with Gasteiger partial charge in [0.05, 0.1) is 12.1 Å². The third-order valence-corrected chi connectivity index (χ3v) is 3.69. The molecule has 2 amide bonds. The van der Waals surface area contributed by atoms with Gasteiger partial charge < -0.3 is 20.5 Å². The predicted molar refractivity (Wildman–Crippen MR) is 93.7 cm³/mol. The van der Waals surface area contributed by atoms with Crippen LogP contribution in [0.4, 0.5) is 0 Å². The lowest BCUT2D eigenvalue weighted by atomic mass is 10.0. The summed E-state index contributed by atoms with van der Waals surface area (Å²) in [5.74, 6) is 0.161. The van der Waals surface area contributed by atoms with Crippen LogP contribution < -0.4 is 20.5 Å². The fraction of sp³-hybridized carbons (Fsp3) is 0.529. The number of primary amides is 1. The molecule has 0 spiro atoms. The van der Waals surface area contributed by atoms with Gasteiger partial charge in [0, 0.05) is 11.6 Å². The largest absolute Gasteiger partial charge is 0.493 e. The first-order valence-electron chi connectivity index (χ1n) is 7.84. The molecular formula is C17H25ClN2O4. The van der Waals surface area contributed by atoms with Gasteiger partial charge in [-0.2, -0.15) is 0 Å². The molecule has 6 nitrogen and oxygen atoms in total. The maximum Gasteiger partial charge on any atom is 0.255 e. The van der Waals surface area contributed by atoms with Gasteiger partial charge in [0.15, 0.2) is 18.1 Å². The number of ether oxygens (including phenoxy) is 2. The molecule has 0 bridgehead atoms. The van der Waals surface area contributed by atoms with E-state index in [1.807, 2.05) is 6.92 Å². The minimum atomic E-state index is -0.631. The molecule has 3 N–H and O–H groups in total. The van der Waals surface area contributed by atoms with E-state index in [-0.39, 0.29) is 35.1 Å². The van der Waals surface area contributed by atoms with E-state index in [0.717, 1.165) is 12.8 Å². The van der Waals surface area contributed by atoms with Crippen molar-refractivity contribution >= 4 is 23.4 Å². The molecule has 0 fully saturated rings. The number of carbonyl (C=O) groups is 2. The van der Waals surface area contributed by atoms with Gasteiger partial charge in [-0.1, -0.05) is 25.4 Å². The third kappa shape index (κ3) is 6.28. The first-order valence-corrected chi connectivity index (χ1v) is 8.21. The monoisotopic (exact) mass is 356 g/mol. The fourth-order valence-electron chi connectivity index (χ4n) is 2.10. The van der Waals surface area contributed by atoms with Gasteiger partial charge in [-0.15, -0.1) is 0 Å². The van der Waals surface area contributed by atoms with Crippen molar-refractivity contribution in [3.8, 4) is 11.5 Å². The molecule has 0 aromatic heterocycles. The van der Waals surface area contributed by atoms with E-state index in [0.29, 0.717) is 11.5 Å². The second-order valence-corrected chi connectivity index (χ2v) is 6.50. The standard InChI is InChI=1S/C17H25ClN2O4/c1-10(2)5-6-11(3)20-17(22)12-7-13(18)16(14(8-12)23-4)24-9-15(19)21/h7-8,10-11H,5-6,9H2,1-4H3,(H2,19,21)(H,20,22). The van der Waals surface area contributed by atoms with Crippen LogP contribution in [0.5, 0.6) is 11.5 Å². The van der Waals surface area contributed by atoms with Crippen molar-refractivity contribution in [3.63, 3.8) is 0 Å². The summed E-state index contributed by atoms with van der Waals surface area (Å²) >= 11 is 6.14. The Balaban J connectivity index is 2.86. The first kappa shape index (κ1) is 20.1. The Bertz CT molecular complexity index is 590. The zero-order chi connectivity index (χ0) is 18.3. The Morgan fingerprint density at radius 1 is 1.25 bits per heavy atom. The van der Waals surface area contributed by atoms with Crippen LogP contribution in [0, 0.1) is 5.92 Å². The van der Waals surface area contributed by atoms with Crippen LogP contribution in [0.1, 0.15) is 44.0 Å². The molecule has 0 heterocycles. The highest BCUT2D eigenvalue weighted by atomic mass is 35.5. The molecule has 1 aromatic carbocycles. The summed E-state index contributed by atoms with van der Waals surface area (Å²) in [5, 5.41) is 3.11. The fourth-order valence-corrected chi connectivity index (χ4v) is 2.36. The van der Waals surface area contributed by atoms with Gasteiger partial charge in [-0.25, -0.2) is 0 Å². The summed E-state index contributed by atoms with van der Waals surface area (Å²) in [6.45, 7) is 5.92. The molecule has 24 heavy (non-hydrogen) atoms. The molecule has 0 aliphatic heterocycles. The number of nitrogens with one attached hydrogen (secondary N) is 1. The van der Waals surface area contributed by atoms with Crippen LogP contribution in [0.25, 0.3) is 0 Å². The summed E-state index contributed by atoms with van der Waals surface area (Å²) in [4.78, 5) is 23.2. The van der Waals surface area contributed by atoms with Crippen LogP contribution in [0.3, 0.4) is 0 Å². The van der Waals surface area contributed by atoms with E-state index >= 15 is 0 Å². The molecule has 1 aromatic rings. The van der Waals surface area contributed by atoms with Crippen LogP contribution in [0.15, 0.2) is 12.1 Å². The molecule has 1 atom stereocenters. The van der Waals surface area contributed by atoms with Gasteiger partial charge in [0.25, 0.3) is 11.8 Å². The lowest BCUT2D eigenvalue weighted by Crippen LogP contribution is -2.32. The average Bonchev–Trinajstić information content (AvgIpc) is 2.50. The van der Waals surface area contributed by atoms with E-state index in [1.54, 1.807) is 0 Å². The maximum absolute atomic E-state index is 12.4. The number of hydrogen-bond donors (Lipinski definition) is 2. The summed E-state index contributed by atoms with van der Waals surface area (Å²) in [6, 6.07) is 3.05. The molecule has 1 unspecified atom stereocenters. The van der Waals surface area contributed by atoms with E-state index in [4.69, 9.17) is 26.8 Å². The zero-order valence-electron chi connectivity index (χ0n) is 14.5. The minimum Gasteiger partial charge on any atom is -0.493 e. The number of halogens is 1. The molecule has 1 rings (SSSR count). The van der Waals surface area contributed by atoms with Crippen molar-refractivity contribution in [2.24, 2.45) is 11.7 Å². The average molecular weight is 357 g/mol. The highest BCUT2D eigenvalue weighted by molar-refractivity contribution is 6.32. The van der Waals surface area contributed by atoms with Gasteiger partial charge in [0.1, 0.15) is 0 Å². The summed E-state index contributed by atoms with van der Waals surface area (Å²) in [5.41, 5.74) is 5.41. The highest BCUT2D eigenvalue weighted by Crippen LogP contribution is 2.36. The first-order chi connectivity index (χ1) is 11.2. The van der Waals surface area contributed by atoms with Gasteiger partial charge in [-0.05, 0) is 37.8 Å². The van der Waals surface area contributed by atoms with Crippen molar-refractivity contribution in [3.05, 3.63) is 22.7 Å². The van der Waals surface area contributed by atoms with Crippen molar-refractivity contribution in [1.82, 2.24) is 5.32 Å². The number of amides is 2. The van der Waals surface area contributed by atoms with Crippen molar-refractivity contribution in [2.45, 2.75) is 39.7 Å². The van der Waals surface area contributed by atoms with Crippen molar-refractivity contribution in [1.29, 1.82) is 0 Å². The highest BCUT2D eigenvalue weighted by Gasteiger charge is 2.17. The predicted octanol–water partition coefficient (Wildman–Crippen LogP) is 2.77. The summed E-state index contributed by atoms with van der Waals surface area (Å²) in [7, 11) is 1.43. The van der Waals surface area contributed by atoms with Gasteiger partial charge >= 0.3 is 0 Å². The number of rotatable bonds is 9. The second-order valence-electron chi connectivity index (χ2n) is 6.09. The summed E-state index contributed by atoms with van der Waals surface area (Å²) < 4.78 is 10.4. The van der Waals surface area contributed by atoms with E-state index in [1.165, 1.54) is 19.2 Å². The van der Waals surface area contributed by atoms with Gasteiger partial charge in [0.2, 0.25) is 0 Å². The van der Waals surface area contributed by atoms with Crippen LogP contribution in [-0.2, 0) is 4.79 Å². The van der Waals surface area contributed by atoms with E-state index < -0.39 is 5.91 Å². The molecule has 7 heteroatoms. The van der Waals surface area contributed by atoms with Crippen molar-refractivity contribution < 1.29 is 19.1 Å². The van der Waals surface area contributed by atoms with Gasteiger partial charge in [-0.3, -0.25) is 9.59 Å². The zero-order valence-corrected chi connectivity index (χ0v) is 15.3. The lowest BCUT2D eigenvalue weighted by Gasteiger charge is -2.17. The summed E-state index contributed by atoms with van der Waals surface area (Å²) in [6.07, 6.45) is 1.93. The number of hydrogen-bond acceptors (Lipinski definition) is 4. The number of nitrogens with two attached hydrogens (primary N) is 1. The normalized spacial score (nSPS) is 11.9. The Morgan fingerprint density at radius 2 is 1.92 bits per heavy atom. The smallest absolute Gasteiger partial charge is 0.255 e. The quantitative estimate of drug-likeness (QED) is 0.711. The van der Waals surface area contributed by atoms with Crippen LogP contribution in [-0.4, -0.2) is 31.6 Å². The number of methoxy groups -OCH3 is 1. The molecule has 0 aliphatic rings. The lowest BCUT2D eigenvalue weighted by molar-refractivity contribution is -0.119. The van der Waals surface area contributed by atoms with E-state index in [9.17, 15) is 9.59 Å². The molecule has 0 saturated heterocycles. The van der Waals surface area contributed by atoms with E-state index in [2.05, 4.69) is 19.2 Å². The molecule has 134 valence electrons. The Morgan fingerprint density at radius 3 is 2.46 bits per heavy atom. The number of benzene rings is 1.